The zero-order chi connectivity index (χ0) is 30.2. The van der Waals surface area contributed by atoms with Crippen LogP contribution < -0.4 is 9.62 Å². The third kappa shape index (κ3) is 9.46. The van der Waals surface area contributed by atoms with Gasteiger partial charge < -0.3 is 10.2 Å². The molecule has 0 saturated heterocycles. The lowest BCUT2D eigenvalue weighted by atomic mass is 10.0. The molecule has 3 aromatic rings. The average Bonchev–Trinajstić information content (AvgIpc) is 2.93. The quantitative estimate of drug-likeness (QED) is 0.299. The molecule has 0 aliphatic rings. The van der Waals surface area contributed by atoms with Crippen LogP contribution in [0, 0.1) is 12.8 Å². The Balaban J connectivity index is 2.03. The average molecular weight is 578 g/mol. The van der Waals surface area contributed by atoms with E-state index in [4.69, 9.17) is 0 Å². The number of benzene rings is 3. The van der Waals surface area contributed by atoms with Crippen molar-refractivity contribution in [2.75, 3.05) is 23.7 Å². The van der Waals surface area contributed by atoms with E-state index in [1.165, 1.54) is 4.90 Å². The molecular weight excluding hydrogens is 534 g/mol. The summed E-state index contributed by atoms with van der Waals surface area (Å²) in [6.07, 6.45) is 1.39. The molecule has 7 nitrogen and oxygen atoms in total. The Kier molecular flexibility index (Phi) is 11.1. The highest BCUT2D eigenvalue weighted by atomic mass is 32.2. The van der Waals surface area contributed by atoms with Crippen molar-refractivity contribution in [1.29, 1.82) is 0 Å². The molecule has 2 amide bonds. The number of sulfonamides is 1. The van der Waals surface area contributed by atoms with E-state index in [9.17, 15) is 18.0 Å². The van der Waals surface area contributed by atoms with Crippen molar-refractivity contribution in [3.8, 4) is 0 Å². The van der Waals surface area contributed by atoms with Gasteiger partial charge >= 0.3 is 0 Å². The normalized spacial score (nSPS) is 12.3. The molecule has 3 rings (SSSR count). The van der Waals surface area contributed by atoms with Crippen LogP contribution in [0.4, 0.5) is 5.69 Å². The SMILES string of the molecule is Cc1ccc(CN(C(=O)CN(c2ccc(C(C)C)cc2)S(C)(=O)=O)[C@H](Cc2ccccc2)C(=O)NCC(C)C)cc1. The minimum Gasteiger partial charge on any atom is -0.354 e. The number of nitrogens with one attached hydrogen (secondary N) is 1. The van der Waals surface area contributed by atoms with E-state index in [2.05, 4.69) is 19.2 Å². The summed E-state index contributed by atoms with van der Waals surface area (Å²) in [5, 5.41) is 3.00. The summed E-state index contributed by atoms with van der Waals surface area (Å²) in [5.41, 5.74) is 4.31. The van der Waals surface area contributed by atoms with Gasteiger partial charge in [0.15, 0.2) is 0 Å². The Hall–Kier alpha value is -3.65. The minimum absolute atomic E-state index is 0.162. The van der Waals surface area contributed by atoms with Crippen LogP contribution in [0.25, 0.3) is 0 Å². The number of amides is 2. The molecule has 41 heavy (non-hydrogen) atoms. The number of aryl methyl sites for hydroxylation is 1. The predicted molar refractivity (Wildman–Crippen MR) is 166 cm³/mol. The van der Waals surface area contributed by atoms with Gasteiger partial charge in [0.2, 0.25) is 21.8 Å². The number of anilines is 1. The lowest BCUT2D eigenvalue weighted by Crippen LogP contribution is -2.53. The summed E-state index contributed by atoms with van der Waals surface area (Å²) < 4.78 is 27.0. The van der Waals surface area contributed by atoms with Gasteiger partial charge in [-0.1, -0.05) is 100.0 Å². The van der Waals surface area contributed by atoms with Gasteiger partial charge in [-0.15, -0.1) is 0 Å². The molecule has 0 spiro atoms. The lowest BCUT2D eigenvalue weighted by molar-refractivity contribution is -0.140. The fourth-order valence-corrected chi connectivity index (χ4v) is 5.36. The summed E-state index contributed by atoms with van der Waals surface area (Å²) in [5.74, 6) is -0.211. The van der Waals surface area contributed by atoms with Crippen molar-refractivity contribution in [2.24, 2.45) is 5.92 Å². The highest BCUT2D eigenvalue weighted by molar-refractivity contribution is 7.92. The van der Waals surface area contributed by atoms with Gasteiger partial charge in [0.25, 0.3) is 0 Å². The Morgan fingerprint density at radius 2 is 1.44 bits per heavy atom. The van der Waals surface area contributed by atoms with E-state index in [0.717, 1.165) is 32.8 Å². The maximum atomic E-state index is 14.1. The first-order valence-electron chi connectivity index (χ1n) is 14.1. The summed E-state index contributed by atoms with van der Waals surface area (Å²) in [4.78, 5) is 29.3. The molecule has 0 aliphatic heterocycles. The van der Waals surface area contributed by atoms with Gasteiger partial charge in [-0.25, -0.2) is 8.42 Å². The van der Waals surface area contributed by atoms with Gasteiger partial charge in [0, 0.05) is 19.5 Å². The minimum atomic E-state index is -3.80. The molecule has 220 valence electrons. The van der Waals surface area contributed by atoms with Gasteiger partial charge in [-0.05, 0) is 47.6 Å². The number of hydrogen-bond acceptors (Lipinski definition) is 4. The van der Waals surface area contributed by atoms with Crippen LogP contribution >= 0.6 is 0 Å². The maximum Gasteiger partial charge on any atom is 0.244 e. The first-order chi connectivity index (χ1) is 19.3. The van der Waals surface area contributed by atoms with E-state index in [-0.39, 0.29) is 24.3 Å². The van der Waals surface area contributed by atoms with Crippen molar-refractivity contribution in [1.82, 2.24) is 10.2 Å². The first-order valence-corrected chi connectivity index (χ1v) is 15.9. The molecule has 1 N–H and O–H groups in total. The van der Waals surface area contributed by atoms with Crippen molar-refractivity contribution in [3.05, 3.63) is 101 Å². The first kappa shape index (κ1) is 31.9. The third-order valence-corrected chi connectivity index (χ3v) is 8.10. The molecule has 0 radical (unpaired) electrons. The molecule has 0 saturated carbocycles. The molecule has 0 aliphatic carbocycles. The summed E-state index contributed by atoms with van der Waals surface area (Å²) >= 11 is 0. The standard InChI is InChI=1S/C33H43N3O4S/c1-24(2)21-34-33(38)31(20-27-10-8-7-9-11-27)35(22-28-14-12-26(5)13-15-28)32(37)23-36(41(6,39)40)30-18-16-29(17-19-30)25(3)4/h7-19,24-25,31H,20-23H2,1-6H3,(H,34,38)/t31-/m1/s1. The lowest BCUT2D eigenvalue weighted by Gasteiger charge is -2.33. The van der Waals surface area contributed by atoms with Crippen LogP contribution in [0.2, 0.25) is 0 Å². The van der Waals surface area contributed by atoms with Gasteiger partial charge in [0.05, 0.1) is 11.9 Å². The summed E-state index contributed by atoms with van der Waals surface area (Å²) in [6.45, 7) is 10.3. The van der Waals surface area contributed by atoms with Crippen molar-refractivity contribution in [2.45, 2.75) is 59.5 Å². The Bertz CT molecular complexity index is 1390. The van der Waals surface area contributed by atoms with Crippen molar-refractivity contribution in [3.63, 3.8) is 0 Å². The number of carbonyl (C=O) groups excluding carboxylic acids is 2. The van der Waals surface area contributed by atoms with E-state index < -0.39 is 28.5 Å². The fraction of sp³-hybridized carbons (Fsp3) is 0.394. The van der Waals surface area contributed by atoms with E-state index in [1.807, 2.05) is 87.5 Å². The Labute approximate surface area is 245 Å². The number of nitrogens with zero attached hydrogens (tertiary/aromatic N) is 2. The van der Waals surface area contributed by atoms with E-state index in [1.54, 1.807) is 12.1 Å². The molecular formula is C33H43N3O4S. The van der Waals surface area contributed by atoms with Gasteiger partial charge in [0.1, 0.15) is 12.6 Å². The molecule has 1 atom stereocenters. The Morgan fingerprint density at radius 1 is 0.829 bits per heavy atom. The monoisotopic (exact) mass is 577 g/mol. The second kappa shape index (κ2) is 14.3. The van der Waals surface area contributed by atoms with E-state index >= 15 is 0 Å². The molecule has 3 aromatic carbocycles. The smallest absolute Gasteiger partial charge is 0.244 e. The summed E-state index contributed by atoms with van der Waals surface area (Å²) in [7, 11) is -3.80. The summed E-state index contributed by atoms with van der Waals surface area (Å²) in [6, 6.07) is 23.7. The molecule has 0 unspecified atom stereocenters. The van der Waals surface area contributed by atoms with Crippen LogP contribution in [0.1, 0.15) is 55.9 Å². The van der Waals surface area contributed by atoms with Crippen LogP contribution in [-0.4, -0.2) is 50.5 Å². The van der Waals surface area contributed by atoms with Gasteiger partial charge in [-0.2, -0.15) is 0 Å². The number of carbonyl (C=O) groups is 2. The van der Waals surface area contributed by atoms with Crippen molar-refractivity contribution >= 4 is 27.5 Å². The van der Waals surface area contributed by atoms with Crippen LogP contribution in [0.5, 0.6) is 0 Å². The van der Waals surface area contributed by atoms with Crippen LogP contribution in [0.15, 0.2) is 78.9 Å². The number of rotatable bonds is 13. The highest BCUT2D eigenvalue weighted by Crippen LogP contribution is 2.23. The fourth-order valence-electron chi connectivity index (χ4n) is 4.51. The molecule has 8 heteroatoms. The van der Waals surface area contributed by atoms with Crippen molar-refractivity contribution < 1.29 is 18.0 Å². The zero-order valence-electron chi connectivity index (χ0n) is 25.0. The molecule has 0 bridgehead atoms. The van der Waals surface area contributed by atoms with Gasteiger partial charge in [-0.3, -0.25) is 13.9 Å². The molecule has 0 heterocycles. The molecule has 0 aromatic heterocycles. The van der Waals surface area contributed by atoms with Crippen LogP contribution in [-0.2, 0) is 32.6 Å². The second-order valence-corrected chi connectivity index (χ2v) is 13.3. The Morgan fingerprint density at radius 3 is 1.98 bits per heavy atom. The van der Waals surface area contributed by atoms with E-state index in [0.29, 0.717) is 18.7 Å². The topological polar surface area (TPSA) is 86.8 Å². The third-order valence-electron chi connectivity index (χ3n) is 6.96. The van der Waals surface area contributed by atoms with Crippen LogP contribution in [0.3, 0.4) is 0 Å². The predicted octanol–water partition coefficient (Wildman–Crippen LogP) is 5.30. The second-order valence-electron chi connectivity index (χ2n) is 11.4. The maximum absolute atomic E-state index is 14.1. The highest BCUT2D eigenvalue weighted by Gasteiger charge is 2.33. The molecule has 0 fully saturated rings. The number of hydrogen-bond donors (Lipinski definition) is 1. The largest absolute Gasteiger partial charge is 0.354 e. The zero-order valence-corrected chi connectivity index (χ0v) is 25.8.